The number of rotatable bonds is 1. The smallest absolute Gasteiger partial charge is 0.0932 e. The minimum Gasteiger partial charge on any atom is -0.159 e. The Bertz CT molecular complexity index is 435. The Morgan fingerprint density at radius 2 is 1.93 bits per heavy atom. The zero-order chi connectivity index (χ0) is 9.97. The second kappa shape index (κ2) is 3.58. The van der Waals surface area contributed by atoms with Crippen LogP contribution in [0.1, 0.15) is 11.1 Å². The molecule has 0 amide bonds. The molecule has 0 spiro atoms. The van der Waals surface area contributed by atoms with E-state index in [9.17, 15) is 0 Å². The molecule has 0 unspecified atom stereocenters. The van der Waals surface area contributed by atoms with Crippen LogP contribution in [0.4, 0.5) is 0 Å². The van der Waals surface area contributed by atoms with Gasteiger partial charge in [-0.25, -0.2) is 0 Å². The van der Waals surface area contributed by atoms with Gasteiger partial charge in [-0.3, -0.25) is 0 Å². The maximum absolute atomic E-state index is 4.10. The Labute approximate surface area is 83.6 Å². The van der Waals surface area contributed by atoms with E-state index in [0.29, 0.717) is 0 Å². The quantitative estimate of drug-likeness (QED) is 0.681. The van der Waals surface area contributed by atoms with Crippen LogP contribution in [0.15, 0.2) is 36.5 Å². The fourth-order valence-corrected chi connectivity index (χ4v) is 1.46. The normalized spacial score (nSPS) is 10.1. The molecular weight excluding hydrogens is 172 g/mol. The van der Waals surface area contributed by atoms with Crippen molar-refractivity contribution in [2.24, 2.45) is 0 Å². The van der Waals surface area contributed by atoms with Crippen molar-refractivity contribution in [3.63, 3.8) is 0 Å². The van der Waals surface area contributed by atoms with Crippen molar-refractivity contribution >= 4 is 0 Å². The summed E-state index contributed by atoms with van der Waals surface area (Å²) in [6.45, 7) is 4.17. The second-order valence-corrected chi connectivity index (χ2v) is 3.43. The first-order valence-electron chi connectivity index (χ1n) is 4.63. The number of nitrogens with zero attached hydrogens (tertiary/aromatic N) is 2. The summed E-state index contributed by atoms with van der Waals surface area (Å²) in [5.41, 5.74) is 4.58. The zero-order valence-corrected chi connectivity index (χ0v) is 8.36. The molecule has 1 aromatic carbocycles. The predicted molar refractivity (Wildman–Crippen MR) is 56.9 cm³/mol. The van der Waals surface area contributed by atoms with Gasteiger partial charge in [-0.05, 0) is 37.6 Å². The molecule has 0 fully saturated rings. The van der Waals surface area contributed by atoms with Gasteiger partial charge in [0.1, 0.15) is 0 Å². The topological polar surface area (TPSA) is 25.8 Å². The first kappa shape index (κ1) is 8.88. The number of aromatic nitrogens is 2. The summed E-state index contributed by atoms with van der Waals surface area (Å²) in [5, 5.41) is 7.98. The highest BCUT2D eigenvalue weighted by atomic mass is 15.1. The third-order valence-corrected chi connectivity index (χ3v) is 2.24. The standard InChI is InChI=1S/C12H12N2/c1-9-5-6-10(2)11(8-9)12-4-3-7-13-14-12/h3-8H,1-2H3. The summed E-state index contributed by atoms with van der Waals surface area (Å²) in [6, 6.07) is 10.2. The molecule has 0 saturated carbocycles. The average molecular weight is 184 g/mol. The maximum Gasteiger partial charge on any atom is 0.0932 e. The molecule has 2 heteroatoms. The van der Waals surface area contributed by atoms with Crippen LogP contribution in [0.3, 0.4) is 0 Å². The van der Waals surface area contributed by atoms with Crippen LogP contribution in [0, 0.1) is 13.8 Å². The van der Waals surface area contributed by atoms with Gasteiger partial charge in [-0.15, -0.1) is 0 Å². The zero-order valence-electron chi connectivity index (χ0n) is 8.36. The average Bonchev–Trinajstić information content (AvgIpc) is 2.23. The molecule has 14 heavy (non-hydrogen) atoms. The van der Waals surface area contributed by atoms with Crippen LogP contribution in [0.5, 0.6) is 0 Å². The van der Waals surface area contributed by atoms with Gasteiger partial charge in [0.05, 0.1) is 5.69 Å². The minimum atomic E-state index is 0.939. The molecule has 0 aliphatic heterocycles. The third-order valence-electron chi connectivity index (χ3n) is 2.24. The van der Waals surface area contributed by atoms with Crippen molar-refractivity contribution in [1.82, 2.24) is 10.2 Å². The van der Waals surface area contributed by atoms with Gasteiger partial charge in [-0.2, -0.15) is 10.2 Å². The van der Waals surface area contributed by atoms with Gasteiger partial charge >= 0.3 is 0 Å². The van der Waals surface area contributed by atoms with Gasteiger partial charge in [-0.1, -0.05) is 17.7 Å². The van der Waals surface area contributed by atoms with Crippen molar-refractivity contribution in [3.05, 3.63) is 47.7 Å². The summed E-state index contributed by atoms with van der Waals surface area (Å²) in [6.07, 6.45) is 1.69. The Balaban J connectivity index is 2.57. The van der Waals surface area contributed by atoms with Crippen molar-refractivity contribution in [2.75, 3.05) is 0 Å². The summed E-state index contributed by atoms with van der Waals surface area (Å²) in [5.74, 6) is 0. The highest BCUT2D eigenvalue weighted by Gasteiger charge is 2.02. The lowest BCUT2D eigenvalue weighted by molar-refractivity contribution is 1.04. The van der Waals surface area contributed by atoms with E-state index in [4.69, 9.17) is 0 Å². The van der Waals surface area contributed by atoms with Crippen molar-refractivity contribution in [1.29, 1.82) is 0 Å². The Morgan fingerprint density at radius 1 is 1.07 bits per heavy atom. The molecule has 1 aromatic heterocycles. The highest BCUT2D eigenvalue weighted by Crippen LogP contribution is 2.21. The lowest BCUT2D eigenvalue weighted by Gasteiger charge is -2.04. The van der Waals surface area contributed by atoms with Crippen molar-refractivity contribution in [2.45, 2.75) is 13.8 Å². The molecule has 70 valence electrons. The van der Waals surface area contributed by atoms with Crippen LogP contribution < -0.4 is 0 Å². The molecule has 0 bridgehead atoms. The predicted octanol–water partition coefficient (Wildman–Crippen LogP) is 2.76. The van der Waals surface area contributed by atoms with E-state index in [1.807, 2.05) is 12.1 Å². The van der Waals surface area contributed by atoms with E-state index < -0.39 is 0 Å². The fraction of sp³-hybridized carbons (Fsp3) is 0.167. The SMILES string of the molecule is Cc1ccc(C)c(-c2cccnn2)c1. The molecule has 0 aliphatic rings. The van der Waals surface area contributed by atoms with Crippen LogP contribution in [-0.2, 0) is 0 Å². The molecule has 2 aromatic rings. The van der Waals surface area contributed by atoms with Gasteiger partial charge in [0.2, 0.25) is 0 Å². The van der Waals surface area contributed by atoms with E-state index >= 15 is 0 Å². The van der Waals surface area contributed by atoms with Gasteiger partial charge < -0.3 is 0 Å². The van der Waals surface area contributed by atoms with Gasteiger partial charge in [0.25, 0.3) is 0 Å². The minimum absolute atomic E-state index is 0.939. The molecule has 2 rings (SSSR count). The van der Waals surface area contributed by atoms with Crippen molar-refractivity contribution in [3.8, 4) is 11.3 Å². The highest BCUT2D eigenvalue weighted by molar-refractivity contribution is 5.63. The monoisotopic (exact) mass is 184 g/mol. The molecule has 0 atom stereocenters. The third kappa shape index (κ3) is 1.64. The maximum atomic E-state index is 4.10. The van der Waals surface area contributed by atoms with Gasteiger partial charge in [0.15, 0.2) is 0 Å². The van der Waals surface area contributed by atoms with Crippen LogP contribution in [-0.4, -0.2) is 10.2 Å². The number of benzene rings is 1. The van der Waals surface area contributed by atoms with Crippen LogP contribution in [0.2, 0.25) is 0 Å². The number of aryl methyl sites for hydroxylation is 2. The molecule has 1 heterocycles. The fourth-order valence-electron chi connectivity index (χ4n) is 1.46. The van der Waals surface area contributed by atoms with Gasteiger partial charge in [0, 0.05) is 11.8 Å². The van der Waals surface area contributed by atoms with E-state index in [-0.39, 0.29) is 0 Å². The summed E-state index contributed by atoms with van der Waals surface area (Å²) < 4.78 is 0. The molecular formula is C12H12N2. The summed E-state index contributed by atoms with van der Waals surface area (Å²) in [4.78, 5) is 0. The summed E-state index contributed by atoms with van der Waals surface area (Å²) >= 11 is 0. The Hall–Kier alpha value is -1.70. The second-order valence-electron chi connectivity index (χ2n) is 3.43. The summed E-state index contributed by atoms with van der Waals surface area (Å²) in [7, 11) is 0. The number of hydrogen-bond donors (Lipinski definition) is 0. The molecule has 0 radical (unpaired) electrons. The Morgan fingerprint density at radius 3 is 2.64 bits per heavy atom. The Kier molecular flexibility index (Phi) is 2.27. The molecule has 0 N–H and O–H groups in total. The molecule has 2 nitrogen and oxygen atoms in total. The van der Waals surface area contributed by atoms with Crippen LogP contribution >= 0.6 is 0 Å². The van der Waals surface area contributed by atoms with Crippen molar-refractivity contribution < 1.29 is 0 Å². The van der Waals surface area contributed by atoms with E-state index in [0.717, 1.165) is 11.3 Å². The van der Waals surface area contributed by atoms with E-state index in [1.165, 1.54) is 11.1 Å². The molecule has 0 aliphatic carbocycles. The lowest BCUT2D eigenvalue weighted by atomic mass is 10.0. The van der Waals surface area contributed by atoms with Crippen LogP contribution in [0.25, 0.3) is 11.3 Å². The largest absolute Gasteiger partial charge is 0.159 e. The number of hydrogen-bond acceptors (Lipinski definition) is 2. The van der Waals surface area contributed by atoms with E-state index in [1.54, 1.807) is 6.20 Å². The lowest BCUT2D eigenvalue weighted by Crippen LogP contribution is -1.89. The van der Waals surface area contributed by atoms with E-state index in [2.05, 4.69) is 42.2 Å². The first-order chi connectivity index (χ1) is 6.77. The first-order valence-corrected chi connectivity index (χ1v) is 4.63. The molecule has 0 saturated heterocycles.